The summed E-state index contributed by atoms with van der Waals surface area (Å²) in [6.07, 6.45) is 8.90. The van der Waals surface area contributed by atoms with E-state index in [1.54, 1.807) is 36.4 Å². The Kier molecular flexibility index (Phi) is 4.32. The molecule has 3 aliphatic rings. The minimum Gasteiger partial charge on any atom is -0.317 e. The van der Waals surface area contributed by atoms with E-state index in [0.717, 1.165) is 34.1 Å². The van der Waals surface area contributed by atoms with Gasteiger partial charge in [-0.05, 0) is 11.4 Å². The normalized spacial score (nSPS) is 21.6. The molecule has 4 rings (SSSR count). The SMILES string of the molecule is O=C1C=CC(=O)N1C1(N2C(=O)C=CC2=O)C=CC=C([PH](=O)c2ccccc2)C1. The van der Waals surface area contributed by atoms with Crippen molar-refractivity contribution in [3.05, 3.63) is 78.2 Å². The van der Waals surface area contributed by atoms with E-state index in [-0.39, 0.29) is 6.42 Å². The number of amides is 4. The Hall–Kier alpha value is -3.31. The van der Waals surface area contributed by atoms with Crippen molar-refractivity contribution in [3.63, 3.8) is 0 Å². The average Bonchev–Trinajstić information content (AvgIpc) is 3.23. The lowest BCUT2D eigenvalue weighted by Crippen LogP contribution is -2.63. The Morgan fingerprint density at radius 3 is 1.79 bits per heavy atom. The lowest BCUT2D eigenvalue weighted by Gasteiger charge is -2.45. The summed E-state index contributed by atoms with van der Waals surface area (Å²) in [5, 5.41) is 1.07. The van der Waals surface area contributed by atoms with Gasteiger partial charge in [0.05, 0.1) is 0 Å². The minimum atomic E-state index is -2.44. The summed E-state index contributed by atoms with van der Waals surface area (Å²) in [6, 6.07) is 8.78. The van der Waals surface area contributed by atoms with Gasteiger partial charge in [-0.25, -0.2) is 9.80 Å². The average molecular weight is 394 g/mol. The highest BCUT2D eigenvalue weighted by Crippen LogP contribution is 2.44. The van der Waals surface area contributed by atoms with Gasteiger partial charge in [0.15, 0.2) is 5.66 Å². The molecule has 0 spiro atoms. The van der Waals surface area contributed by atoms with Crippen LogP contribution in [0.25, 0.3) is 0 Å². The largest absolute Gasteiger partial charge is 0.317 e. The van der Waals surface area contributed by atoms with Crippen LogP contribution in [0.4, 0.5) is 0 Å². The number of rotatable bonds is 4. The first-order valence-corrected chi connectivity index (χ1v) is 9.95. The summed E-state index contributed by atoms with van der Waals surface area (Å²) < 4.78 is 13.1. The van der Waals surface area contributed by atoms with E-state index < -0.39 is 37.1 Å². The zero-order chi connectivity index (χ0) is 19.9. The second-order valence-electron chi connectivity index (χ2n) is 6.49. The zero-order valence-electron chi connectivity index (χ0n) is 14.6. The Morgan fingerprint density at radius 1 is 0.786 bits per heavy atom. The molecule has 2 heterocycles. The molecule has 1 aromatic carbocycles. The van der Waals surface area contributed by atoms with E-state index in [9.17, 15) is 23.7 Å². The van der Waals surface area contributed by atoms with Crippen molar-refractivity contribution in [2.24, 2.45) is 0 Å². The molecule has 7 nitrogen and oxygen atoms in total. The van der Waals surface area contributed by atoms with Crippen LogP contribution in [0.3, 0.4) is 0 Å². The fourth-order valence-corrected chi connectivity index (χ4v) is 5.15. The molecule has 0 radical (unpaired) electrons. The van der Waals surface area contributed by atoms with Crippen molar-refractivity contribution in [1.29, 1.82) is 0 Å². The predicted molar refractivity (Wildman–Crippen MR) is 102 cm³/mol. The molecular formula is C20H15N2O5P. The van der Waals surface area contributed by atoms with Gasteiger partial charge in [0, 0.05) is 36.0 Å². The van der Waals surface area contributed by atoms with Crippen LogP contribution in [-0.2, 0) is 23.7 Å². The molecule has 140 valence electrons. The van der Waals surface area contributed by atoms with Gasteiger partial charge in [-0.3, -0.25) is 19.2 Å². The third-order valence-corrected chi connectivity index (χ3v) is 6.62. The molecule has 1 aromatic rings. The van der Waals surface area contributed by atoms with E-state index in [4.69, 9.17) is 0 Å². The van der Waals surface area contributed by atoms with Gasteiger partial charge < -0.3 is 4.57 Å². The molecule has 0 N–H and O–H groups in total. The molecule has 1 unspecified atom stereocenters. The van der Waals surface area contributed by atoms with Gasteiger partial charge in [-0.1, -0.05) is 42.5 Å². The number of benzene rings is 1. The fraction of sp³-hybridized carbons (Fsp3) is 0.100. The second-order valence-corrected chi connectivity index (χ2v) is 8.37. The maximum absolute atomic E-state index is 13.1. The van der Waals surface area contributed by atoms with Crippen LogP contribution in [-0.4, -0.2) is 39.1 Å². The van der Waals surface area contributed by atoms with Gasteiger partial charge in [0.1, 0.15) is 7.80 Å². The number of hydrogen-bond acceptors (Lipinski definition) is 5. The first-order valence-electron chi connectivity index (χ1n) is 8.55. The molecule has 0 aromatic heterocycles. The molecule has 0 saturated carbocycles. The van der Waals surface area contributed by atoms with Gasteiger partial charge in [-0.2, -0.15) is 0 Å². The number of allylic oxidation sites excluding steroid dienone is 2. The molecule has 1 aliphatic carbocycles. The van der Waals surface area contributed by atoms with E-state index in [0.29, 0.717) is 10.6 Å². The maximum atomic E-state index is 13.1. The smallest absolute Gasteiger partial charge is 0.255 e. The van der Waals surface area contributed by atoms with Crippen LogP contribution in [0.15, 0.2) is 78.2 Å². The predicted octanol–water partition coefficient (Wildman–Crippen LogP) is 1.26. The molecule has 2 aliphatic heterocycles. The van der Waals surface area contributed by atoms with Crippen LogP contribution < -0.4 is 5.30 Å². The summed E-state index contributed by atoms with van der Waals surface area (Å²) in [5.74, 6) is -2.55. The maximum Gasteiger partial charge on any atom is 0.255 e. The lowest BCUT2D eigenvalue weighted by molar-refractivity contribution is -0.158. The van der Waals surface area contributed by atoms with Crippen molar-refractivity contribution in [2.45, 2.75) is 12.1 Å². The second kappa shape index (κ2) is 6.69. The first-order chi connectivity index (χ1) is 13.4. The summed E-state index contributed by atoms with van der Waals surface area (Å²) in [6.45, 7) is 0. The molecule has 0 fully saturated rings. The molecular weight excluding hydrogens is 379 g/mol. The highest BCUT2D eigenvalue weighted by atomic mass is 31.1. The summed E-state index contributed by atoms with van der Waals surface area (Å²) in [5.41, 5.74) is -1.67. The van der Waals surface area contributed by atoms with Crippen molar-refractivity contribution in [1.82, 2.24) is 9.80 Å². The minimum absolute atomic E-state index is 0.103. The number of carbonyl (C=O) groups excluding carboxylic acids is 4. The van der Waals surface area contributed by atoms with Gasteiger partial charge >= 0.3 is 0 Å². The van der Waals surface area contributed by atoms with E-state index in [1.807, 2.05) is 0 Å². The number of nitrogens with zero attached hydrogens (tertiary/aromatic N) is 2. The molecule has 0 bridgehead atoms. The Balaban J connectivity index is 1.79. The summed E-state index contributed by atoms with van der Waals surface area (Å²) in [7, 11) is -2.44. The highest BCUT2D eigenvalue weighted by molar-refractivity contribution is 7.57. The van der Waals surface area contributed by atoms with Crippen LogP contribution in [0.1, 0.15) is 6.42 Å². The monoisotopic (exact) mass is 394 g/mol. The van der Waals surface area contributed by atoms with Crippen LogP contribution in [0.5, 0.6) is 0 Å². The molecule has 8 heteroatoms. The van der Waals surface area contributed by atoms with Crippen molar-refractivity contribution in [3.8, 4) is 0 Å². The third kappa shape index (κ3) is 2.72. The van der Waals surface area contributed by atoms with Gasteiger partial charge in [0.2, 0.25) is 0 Å². The first kappa shape index (κ1) is 18.1. The topological polar surface area (TPSA) is 91.8 Å². The van der Waals surface area contributed by atoms with Crippen LogP contribution in [0, 0.1) is 0 Å². The van der Waals surface area contributed by atoms with Crippen LogP contribution in [0.2, 0.25) is 0 Å². The quantitative estimate of drug-likeness (QED) is 0.566. The van der Waals surface area contributed by atoms with Gasteiger partial charge in [0.25, 0.3) is 23.6 Å². The Morgan fingerprint density at radius 2 is 1.29 bits per heavy atom. The van der Waals surface area contributed by atoms with Crippen molar-refractivity contribution >= 4 is 36.7 Å². The van der Waals surface area contributed by atoms with Gasteiger partial charge in [-0.15, -0.1) is 0 Å². The standard InChI is InChI=1S/C20H15N2O5P/c23-16-8-9-17(24)21(16)20(22-18(25)10-11-19(22)26)12-4-7-15(13-20)28(27)14-5-2-1-3-6-14/h1-12,28H,13H2. The zero-order valence-corrected chi connectivity index (χ0v) is 15.6. The fourth-order valence-electron chi connectivity index (χ4n) is 3.62. The Labute approximate surface area is 161 Å². The summed E-state index contributed by atoms with van der Waals surface area (Å²) >= 11 is 0. The van der Waals surface area contributed by atoms with E-state index in [1.165, 1.54) is 12.2 Å². The number of imide groups is 2. The van der Waals surface area contributed by atoms with Crippen molar-refractivity contribution in [2.75, 3.05) is 0 Å². The van der Waals surface area contributed by atoms with Crippen LogP contribution >= 0.6 is 7.80 Å². The van der Waals surface area contributed by atoms with E-state index in [2.05, 4.69) is 0 Å². The van der Waals surface area contributed by atoms with E-state index >= 15 is 0 Å². The third-order valence-electron chi connectivity index (χ3n) is 4.83. The number of carbonyl (C=O) groups is 4. The molecule has 28 heavy (non-hydrogen) atoms. The molecule has 0 saturated heterocycles. The Bertz CT molecular complexity index is 974. The molecule has 1 atom stereocenters. The highest BCUT2D eigenvalue weighted by Gasteiger charge is 2.53. The molecule has 4 amide bonds. The number of hydrogen-bond donors (Lipinski definition) is 0. The lowest BCUT2D eigenvalue weighted by atomic mass is 9.96. The van der Waals surface area contributed by atoms with Crippen molar-refractivity contribution < 1.29 is 23.7 Å². The summed E-state index contributed by atoms with van der Waals surface area (Å²) in [4.78, 5) is 51.5.